The van der Waals surface area contributed by atoms with Crippen LogP contribution in [-0.4, -0.2) is 60.8 Å². The molecule has 0 saturated carbocycles. The standard InChI is InChI=1S/Ca.2ClH.Mg.2H/h;2*1H;;;/q+2;;;+2;2*-1/p-2. The van der Waals surface area contributed by atoms with Gasteiger partial charge in [0.2, 0.25) is 0 Å². The van der Waals surface area contributed by atoms with E-state index in [4.69, 9.17) is 0 Å². The van der Waals surface area contributed by atoms with Gasteiger partial charge in [-0.25, -0.2) is 0 Å². The quantitative estimate of drug-likeness (QED) is 0.291. The number of halogens is 2. The van der Waals surface area contributed by atoms with Crippen LogP contribution >= 0.6 is 0 Å². The smallest absolute Gasteiger partial charge is 1.00 e. The Morgan fingerprint density at radius 2 is 1.00 bits per heavy atom. The third-order valence-corrected chi connectivity index (χ3v) is 0. The zero-order valence-corrected chi connectivity index (χ0v) is 7.30. The van der Waals surface area contributed by atoms with E-state index in [2.05, 4.69) is 0 Å². The van der Waals surface area contributed by atoms with Gasteiger partial charge in [0, 0.05) is 0 Å². The van der Waals surface area contributed by atoms with Gasteiger partial charge in [-0.15, -0.1) is 0 Å². The minimum absolute atomic E-state index is 0. The Kier molecular flexibility index (Phi) is 134. The summed E-state index contributed by atoms with van der Waals surface area (Å²) in [5, 5.41) is 0. The molecule has 0 unspecified atom stereocenters. The summed E-state index contributed by atoms with van der Waals surface area (Å²) in [5.74, 6) is 0. The molecule has 0 N–H and O–H groups in total. The third-order valence-electron chi connectivity index (χ3n) is 0. The Morgan fingerprint density at radius 3 is 1.00 bits per heavy atom. The molecule has 0 aliphatic carbocycles. The summed E-state index contributed by atoms with van der Waals surface area (Å²) in [6, 6.07) is 0. The molecular formula is H2CaCl2Mg. The van der Waals surface area contributed by atoms with Crippen LogP contribution in [0.5, 0.6) is 0 Å². The Hall–Kier alpha value is 2.61. The SMILES string of the molecule is [Ca+2].[Cl-].[Cl-].[H-].[H-].[Mg+2]. The average molecular weight is 137 g/mol. The fraction of sp³-hybridized carbons (Fsp3) is 0. The van der Waals surface area contributed by atoms with E-state index in [1.54, 1.807) is 0 Å². The molecule has 0 heterocycles. The van der Waals surface area contributed by atoms with E-state index in [0.29, 0.717) is 0 Å². The van der Waals surface area contributed by atoms with Crippen molar-refractivity contribution >= 4 is 60.8 Å². The molecule has 0 nitrogen and oxygen atoms in total. The molecule has 0 rings (SSSR count). The van der Waals surface area contributed by atoms with E-state index >= 15 is 0 Å². The van der Waals surface area contributed by atoms with Crippen LogP contribution in [0.4, 0.5) is 0 Å². The van der Waals surface area contributed by atoms with Gasteiger partial charge in [-0.05, 0) is 0 Å². The van der Waals surface area contributed by atoms with Crippen molar-refractivity contribution in [1.29, 1.82) is 0 Å². The van der Waals surface area contributed by atoms with Gasteiger partial charge < -0.3 is 27.7 Å². The van der Waals surface area contributed by atoms with Crippen molar-refractivity contribution in [2.75, 3.05) is 0 Å². The Balaban J connectivity index is 0. The molecule has 20 valence electrons. The van der Waals surface area contributed by atoms with Gasteiger partial charge in [0.05, 0.1) is 0 Å². The van der Waals surface area contributed by atoms with E-state index in [1.165, 1.54) is 0 Å². The number of hydrogen-bond donors (Lipinski definition) is 0. The van der Waals surface area contributed by atoms with Gasteiger partial charge in [-0.3, -0.25) is 0 Å². The molecular weight excluding hydrogens is 135 g/mol. The first kappa shape index (κ1) is 30.6. The monoisotopic (exact) mass is 136 g/mol. The Labute approximate surface area is 87.0 Å². The van der Waals surface area contributed by atoms with Crippen LogP contribution in [0, 0.1) is 0 Å². The molecule has 0 spiro atoms. The van der Waals surface area contributed by atoms with Gasteiger partial charge in [0.25, 0.3) is 0 Å². The van der Waals surface area contributed by atoms with Crippen LogP contribution in [0.2, 0.25) is 0 Å². The second-order valence-corrected chi connectivity index (χ2v) is 0. The maximum Gasteiger partial charge on any atom is 2.00 e. The zero-order valence-electron chi connectivity index (χ0n) is 4.17. The topological polar surface area (TPSA) is 0 Å². The second-order valence-electron chi connectivity index (χ2n) is 0. The minimum atomic E-state index is 0. The maximum atomic E-state index is 0. The third kappa shape index (κ3) is 8.82. The molecule has 0 atom stereocenters. The molecule has 0 fully saturated rings. The molecule has 0 aliphatic rings. The predicted molar refractivity (Wildman–Crippen MR) is 13.7 cm³/mol. The summed E-state index contributed by atoms with van der Waals surface area (Å²) in [5.41, 5.74) is 0. The van der Waals surface area contributed by atoms with Crippen LogP contribution in [0.1, 0.15) is 2.85 Å². The van der Waals surface area contributed by atoms with Crippen molar-refractivity contribution in [2.45, 2.75) is 0 Å². The minimum Gasteiger partial charge on any atom is -1.00 e. The molecule has 0 saturated heterocycles. The molecule has 4 heteroatoms. The van der Waals surface area contributed by atoms with Crippen molar-refractivity contribution in [3.63, 3.8) is 0 Å². The predicted octanol–water partition coefficient (Wildman–Crippen LogP) is -6.53. The number of rotatable bonds is 0. The van der Waals surface area contributed by atoms with Crippen LogP contribution in [0.3, 0.4) is 0 Å². The van der Waals surface area contributed by atoms with Gasteiger partial charge in [0.15, 0.2) is 0 Å². The summed E-state index contributed by atoms with van der Waals surface area (Å²) < 4.78 is 0. The first-order chi connectivity index (χ1) is 0. The summed E-state index contributed by atoms with van der Waals surface area (Å²) in [6.45, 7) is 0. The normalized spacial score (nSPS) is 0. The van der Waals surface area contributed by atoms with Crippen LogP contribution in [-0.2, 0) is 0 Å². The van der Waals surface area contributed by atoms with E-state index in [9.17, 15) is 0 Å². The Bertz CT molecular complexity index is 11.5. The van der Waals surface area contributed by atoms with Crippen LogP contribution in [0.15, 0.2) is 0 Å². The van der Waals surface area contributed by atoms with Gasteiger partial charge in [-0.2, -0.15) is 0 Å². The first-order valence-corrected chi connectivity index (χ1v) is 0. The summed E-state index contributed by atoms with van der Waals surface area (Å²) >= 11 is 0. The molecule has 0 aromatic rings. The number of hydrogen-bond acceptors (Lipinski definition) is 0. The van der Waals surface area contributed by atoms with E-state index in [1.807, 2.05) is 0 Å². The summed E-state index contributed by atoms with van der Waals surface area (Å²) in [6.07, 6.45) is 0. The second kappa shape index (κ2) is 17.5. The van der Waals surface area contributed by atoms with Crippen LogP contribution < -0.4 is 24.8 Å². The fourth-order valence-corrected chi connectivity index (χ4v) is 0. The average Bonchev–Trinajstić information content (AvgIpc) is 0. The van der Waals surface area contributed by atoms with Crippen molar-refractivity contribution < 1.29 is 27.7 Å². The van der Waals surface area contributed by atoms with E-state index in [0.717, 1.165) is 0 Å². The molecule has 0 aromatic carbocycles. The zero-order chi connectivity index (χ0) is 0. The van der Waals surface area contributed by atoms with Crippen molar-refractivity contribution in [2.24, 2.45) is 0 Å². The largest absolute Gasteiger partial charge is 2.00 e. The Morgan fingerprint density at radius 1 is 1.00 bits per heavy atom. The molecule has 0 amide bonds. The molecule has 4 heavy (non-hydrogen) atoms. The fourth-order valence-electron chi connectivity index (χ4n) is 0. The first-order valence-electron chi connectivity index (χ1n) is 0. The van der Waals surface area contributed by atoms with Crippen LogP contribution in [0.25, 0.3) is 0 Å². The van der Waals surface area contributed by atoms with Crippen molar-refractivity contribution in [3.05, 3.63) is 0 Å². The van der Waals surface area contributed by atoms with E-state index < -0.39 is 0 Å². The van der Waals surface area contributed by atoms with Gasteiger partial charge >= 0.3 is 60.8 Å². The van der Waals surface area contributed by atoms with Gasteiger partial charge in [-0.1, -0.05) is 0 Å². The van der Waals surface area contributed by atoms with Crippen molar-refractivity contribution in [1.82, 2.24) is 0 Å². The van der Waals surface area contributed by atoms with E-state index in [-0.39, 0.29) is 88.5 Å². The maximum absolute atomic E-state index is 0. The molecule has 0 aliphatic heterocycles. The van der Waals surface area contributed by atoms with Crippen molar-refractivity contribution in [3.8, 4) is 0 Å². The molecule has 0 bridgehead atoms. The summed E-state index contributed by atoms with van der Waals surface area (Å²) in [7, 11) is 0. The summed E-state index contributed by atoms with van der Waals surface area (Å²) in [4.78, 5) is 0. The van der Waals surface area contributed by atoms with Gasteiger partial charge in [0.1, 0.15) is 0 Å². The molecule has 0 radical (unpaired) electrons. The molecule has 0 aromatic heterocycles.